The largest absolute Gasteiger partial charge is 0.411 e. The maximum atomic E-state index is 8.58. The van der Waals surface area contributed by atoms with E-state index in [1.54, 1.807) is 0 Å². The minimum absolute atomic E-state index is 0.360. The standard InChI is InChI=1S/C14H28N2O2S/c1-2-3-4-5-6-7-8-9-10-11-12-19-14(16-18)13-15-17/h13,17-18H,2-12H2,1H3/b15-13+,16-14-. The minimum Gasteiger partial charge on any atom is -0.411 e. The summed E-state index contributed by atoms with van der Waals surface area (Å²) in [7, 11) is 0. The number of oxime groups is 2. The molecule has 0 unspecified atom stereocenters. The smallest absolute Gasteiger partial charge is 0.157 e. The maximum Gasteiger partial charge on any atom is 0.157 e. The summed E-state index contributed by atoms with van der Waals surface area (Å²) in [5.74, 6) is 0.905. The second kappa shape index (κ2) is 15.3. The number of hydrogen-bond acceptors (Lipinski definition) is 5. The van der Waals surface area contributed by atoms with E-state index < -0.39 is 0 Å². The molecule has 2 N–H and O–H groups in total. The van der Waals surface area contributed by atoms with Crippen molar-refractivity contribution in [3.05, 3.63) is 0 Å². The summed E-state index contributed by atoms with van der Waals surface area (Å²) in [4.78, 5) is 0. The lowest BCUT2D eigenvalue weighted by molar-refractivity contribution is 0.317. The van der Waals surface area contributed by atoms with Gasteiger partial charge in [-0.25, -0.2) is 0 Å². The summed E-state index contributed by atoms with van der Waals surface area (Å²) in [6.45, 7) is 2.25. The van der Waals surface area contributed by atoms with Gasteiger partial charge in [-0.3, -0.25) is 0 Å². The Morgan fingerprint density at radius 1 is 0.895 bits per heavy atom. The first kappa shape index (κ1) is 18.3. The second-order valence-corrected chi connectivity index (χ2v) is 5.83. The van der Waals surface area contributed by atoms with Crippen LogP contribution in [-0.4, -0.2) is 27.4 Å². The third-order valence-corrected chi connectivity index (χ3v) is 3.99. The number of hydrogen-bond donors (Lipinski definition) is 2. The topological polar surface area (TPSA) is 65.2 Å². The van der Waals surface area contributed by atoms with Crippen molar-refractivity contribution in [2.75, 3.05) is 5.75 Å². The second-order valence-electron chi connectivity index (χ2n) is 4.71. The summed E-state index contributed by atoms with van der Waals surface area (Å²) in [5.41, 5.74) is 0. The van der Waals surface area contributed by atoms with Crippen LogP contribution in [0.15, 0.2) is 10.3 Å². The quantitative estimate of drug-likeness (QED) is 0.177. The van der Waals surface area contributed by atoms with Gasteiger partial charge >= 0.3 is 0 Å². The molecule has 19 heavy (non-hydrogen) atoms. The highest BCUT2D eigenvalue weighted by molar-refractivity contribution is 8.15. The van der Waals surface area contributed by atoms with Gasteiger partial charge in [-0.05, 0) is 12.2 Å². The number of unbranched alkanes of at least 4 members (excludes halogenated alkanes) is 9. The average Bonchev–Trinajstić information content (AvgIpc) is 2.43. The fraction of sp³-hybridized carbons (Fsp3) is 0.857. The predicted octanol–water partition coefficient (Wildman–Crippen LogP) is 4.89. The van der Waals surface area contributed by atoms with Gasteiger partial charge in [0.15, 0.2) is 5.04 Å². The minimum atomic E-state index is 0.360. The van der Waals surface area contributed by atoms with E-state index in [1.165, 1.54) is 69.5 Å². The first-order valence-corrected chi connectivity index (χ1v) is 8.36. The number of thioether (sulfide) groups is 1. The molecular weight excluding hydrogens is 260 g/mol. The van der Waals surface area contributed by atoms with E-state index in [1.807, 2.05) is 0 Å². The van der Waals surface area contributed by atoms with E-state index >= 15 is 0 Å². The van der Waals surface area contributed by atoms with Crippen molar-refractivity contribution in [3.63, 3.8) is 0 Å². The van der Waals surface area contributed by atoms with Gasteiger partial charge < -0.3 is 10.4 Å². The Hall–Kier alpha value is -0.710. The number of rotatable bonds is 12. The van der Waals surface area contributed by atoms with Crippen LogP contribution in [0.4, 0.5) is 0 Å². The Balaban J connectivity index is 3.19. The predicted molar refractivity (Wildman–Crippen MR) is 83.8 cm³/mol. The molecule has 0 heterocycles. The SMILES string of the molecule is CCCCCCCCCCCCSC(/C=N/O)=N\O. The Labute approximate surface area is 121 Å². The Kier molecular flexibility index (Phi) is 14.8. The van der Waals surface area contributed by atoms with Crippen LogP contribution in [0.3, 0.4) is 0 Å². The molecule has 0 aliphatic carbocycles. The van der Waals surface area contributed by atoms with Crippen LogP contribution in [0.25, 0.3) is 0 Å². The molecule has 0 aromatic heterocycles. The molecule has 0 spiro atoms. The molecule has 0 aliphatic rings. The molecule has 0 atom stereocenters. The molecule has 0 bridgehead atoms. The summed E-state index contributed by atoms with van der Waals surface area (Å²) >= 11 is 1.41. The lowest BCUT2D eigenvalue weighted by Crippen LogP contribution is -1.96. The fourth-order valence-corrected chi connectivity index (χ4v) is 2.64. The number of nitrogens with zero attached hydrogens (tertiary/aromatic N) is 2. The molecule has 0 saturated carbocycles. The molecule has 0 rings (SSSR count). The van der Waals surface area contributed by atoms with Crippen molar-refractivity contribution in [2.24, 2.45) is 10.3 Å². The Morgan fingerprint density at radius 2 is 1.42 bits per heavy atom. The van der Waals surface area contributed by atoms with Crippen LogP contribution in [0.2, 0.25) is 0 Å². The highest BCUT2D eigenvalue weighted by atomic mass is 32.2. The fourth-order valence-electron chi connectivity index (χ4n) is 1.91. The summed E-state index contributed by atoms with van der Waals surface area (Å²) in [6.07, 6.45) is 14.3. The van der Waals surface area contributed by atoms with Crippen molar-refractivity contribution in [3.8, 4) is 0 Å². The van der Waals surface area contributed by atoms with Crippen LogP contribution in [0.5, 0.6) is 0 Å². The van der Waals surface area contributed by atoms with Gasteiger partial charge in [0.1, 0.15) is 6.21 Å². The van der Waals surface area contributed by atoms with Gasteiger partial charge in [-0.2, -0.15) is 0 Å². The lowest BCUT2D eigenvalue weighted by Gasteiger charge is -2.02. The van der Waals surface area contributed by atoms with E-state index in [4.69, 9.17) is 10.4 Å². The van der Waals surface area contributed by atoms with Gasteiger partial charge in [-0.15, -0.1) is 11.8 Å². The summed E-state index contributed by atoms with van der Waals surface area (Å²) in [5, 5.41) is 23.1. The van der Waals surface area contributed by atoms with E-state index in [2.05, 4.69) is 17.2 Å². The highest BCUT2D eigenvalue weighted by Gasteiger charge is 1.98. The summed E-state index contributed by atoms with van der Waals surface area (Å²) in [6, 6.07) is 0. The zero-order chi connectivity index (χ0) is 14.2. The van der Waals surface area contributed by atoms with E-state index in [-0.39, 0.29) is 0 Å². The maximum absolute atomic E-state index is 8.58. The van der Waals surface area contributed by atoms with Crippen molar-refractivity contribution in [1.82, 2.24) is 0 Å². The molecular formula is C14H28N2O2S. The first-order valence-electron chi connectivity index (χ1n) is 7.37. The Morgan fingerprint density at radius 3 is 1.89 bits per heavy atom. The van der Waals surface area contributed by atoms with Crippen molar-refractivity contribution in [1.29, 1.82) is 0 Å². The van der Waals surface area contributed by atoms with Crippen LogP contribution < -0.4 is 0 Å². The van der Waals surface area contributed by atoms with Gasteiger partial charge in [0.2, 0.25) is 0 Å². The molecule has 112 valence electrons. The Bertz CT molecular complexity index is 246. The molecule has 4 nitrogen and oxygen atoms in total. The molecule has 0 aromatic carbocycles. The van der Waals surface area contributed by atoms with Crippen LogP contribution >= 0.6 is 11.8 Å². The molecule has 0 radical (unpaired) electrons. The van der Waals surface area contributed by atoms with Crippen LogP contribution in [0, 0.1) is 0 Å². The highest BCUT2D eigenvalue weighted by Crippen LogP contribution is 2.12. The molecule has 0 saturated heterocycles. The molecule has 0 aliphatic heterocycles. The summed E-state index contributed by atoms with van der Waals surface area (Å²) < 4.78 is 0. The molecule has 0 aromatic rings. The van der Waals surface area contributed by atoms with Crippen LogP contribution in [0.1, 0.15) is 71.1 Å². The molecule has 0 fully saturated rings. The average molecular weight is 288 g/mol. The lowest BCUT2D eigenvalue weighted by atomic mass is 10.1. The van der Waals surface area contributed by atoms with Gasteiger partial charge in [0, 0.05) is 0 Å². The van der Waals surface area contributed by atoms with Crippen LogP contribution in [-0.2, 0) is 0 Å². The van der Waals surface area contributed by atoms with Gasteiger partial charge in [0.05, 0.1) is 0 Å². The zero-order valence-electron chi connectivity index (χ0n) is 12.1. The first-order chi connectivity index (χ1) is 9.35. The zero-order valence-corrected chi connectivity index (χ0v) is 12.9. The van der Waals surface area contributed by atoms with E-state index in [9.17, 15) is 0 Å². The van der Waals surface area contributed by atoms with Crippen molar-refractivity contribution in [2.45, 2.75) is 71.1 Å². The van der Waals surface area contributed by atoms with Crippen molar-refractivity contribution < 1.29 is 10.4 Å². The normalized spacial score (nSPS) is 12.4. The third-order valence-electron chi connectivity index (χ3n) is 3.01. The molecule has 5 heteroatoms. The van der Waals surface area contributed by atoms with E-state index in [0.29, 0.717) is 5.04 Å². The monoisotopic (exact) mass is 288 g/mol. The van der Waals surface area contributed by atoms with Gasteiger partial charge in [-0.1, -0.05) is 75.0 Å². The van der Waals surface area contributed by atoms with Crippen molar-refractivity contribution >= 4 is 23.0 Å². The van der Waals surface area contributed by atoms with E-state index in [0.717, 1.165) is 18.4 Å². The third kappa shape index (κ3) is 13.5. The molecule has 0 amide bonds. The van der Waals surface area contributed by atoms with Gasteiger partial charge in [0.25, 0.3) is 0 Å².